The number of nitrogens with zero attached hydrogens (tertiary/aromatic N) is 1. The number of rotatable bonds is 8. The Morgan fingerprint density at radius 1 is 1.10 bits per heavy atom. The smallest absolute Gasteiger partial charge is 0.306 e. The zero-order valence-electron chi connectivity index (χ0n) is 11.9. The molecular weight excluding hydrogens is 282 g/mol. The van der Waals surface area contributed by atoms with Crippen molar-refractivity contribution in [2.45, 2.75) is 24.2 Å². The Labute approximate surface area is 129 Å². The second kappa shape index (κ2) is 9.19. The molecule has 3 nitrogen and oxygen atoms in total. The molecule has 0 amide bonds. The highest BCUT2D eigenvalue weighted by Gasteiger charge is 2.03. The molecule has 1 heterocycles. The Morgan fingerprint density at radius 3 is 2.62 bits per heavy atom. The molecule has 0 aliphatic rings. The van der Waals surface area contributed by atoms with Crippen LogP contribution in [0.4, 0.5) is 0 Å². The maximum absolute atomic E-state index is 11.6. The number of pyridine rings is 1. The SMILES string of the molecule is O=C(CCSc1ccccc1)OCCCc1ccncc1. The number of thioether (sulfide) groups is 1. The molecule has 4 heteroatoms. The van der Waals surface area contributed by atoms with Crippen molar-refractivity contribution in [3.63, 3.8) is 0 Å². The molecule has 2 aromatic rings. The summed E-state index contributed by atoms with van der Waals surface area (Å²) >= 11 is 1.68. The second-order valence-electron chi connectivity index (χ2n) is 4.59. The standard InChI is InChI=1S/C17H19NO2S/c19-17(10-14-21-16-6-2-1-3-7-16)20-13-4-5-15-8-11-18-12-9-15/h1-3,6-9,11-12H,4-5,10,13-14H2. The van der Waals surface area contributed by atoms with E-state index in [9.17, 15) is 4.79 Å². The fourth-order valence-corrected chi connectivity index (χ4v) is 2.71. The van der Waals surface area contributed by atoms with Gasteiger partial charge in [-0.2, -0.15) is 0 Å². The second-order valence-corrected chi connectivity index (χ2v) is 5.76. The summed E-state index contributed by atoms with van der Waals surface area (Å²) in [6.07, 6.45) is 5.77. The van der Waals surface area contributed by atoms with Crippen LogP contribution >= 0.6 is 11.8 Å². The summed E-state index contributed by atoms with van der Waals surface area (Å²) in [7, 11) is 0. The van der Waals surface area contributed by atoms with Crippen molar-refractivity contribution in [1.29, 1.82) is 0 Å². The van der Waals surface area contributed by atoms with E-state index in [1.165, 1.54) is 10.5 Å². The van der Waals surface area contributed by atoms with Crippen molar-refractivity contribution < 1.29 is 9.53 Å². The molecule has 0 radical (unpaired) electrons. The summed E-state index contributed by atoms with van der Waals surface area (Å²) in [5.41, 5.74) is 1.22. The molecule has 21 heavy (non-hydrogen) atoms. The van der Waals surface area contributed by atoms with Gasteiger partial charge in [0.2, 0.25) is 0 Å². The summed E-state index contributed by atoms with van der Waals surface area (Å²) in [5, 5.41) is 0. The first-order valence-electron chi connectivity index (χ1n) is 7.07. The van der Waals surface area contributed by atoms with Gasteiger partial charge in [0, 0.05) is 23.0 Å². The number of hydrogen-bond acceptors (Lipinski definition) is 4. The minimum atomic E-state index is -0.117. The molecular formula is C17H19NO2S. The molecule has 110 valence electrons. The van der Waals surface area contributed by atoms with E-state index in [0.29, 0.717) is 13.0 Å². The Balaban J connectivity index is 1.54. The van der Waals surface area contributed by atoms with Crippen LogP contribution in [0.25, 0.3) is 0 Å². The van der Waals surface area contributed by atoms with Gasteiger partial charge in [0.15, 0.2) is 0 Å². The minimum Gasteiger partial charge on any atom is -0.466 e. The van der Waals surface area contributed by atoms with Crippen molar-refractivity contribution in [1.82, 2.24) is 4.98 Å². The molecule has 0 saturated carbocycles. The first kappa shape index (κ1) is 15.6. The van der Waals surface area contributed by atoms with E-state index < -0.39 is 0 Å². The van der Waals surface area contributed by atoms with Crippen LogP contribution in [0.15, 0.2) is 59.8 Å². The van der Waals surface area contributed by atoms with Gasteiger partial charge in [-0.15, -0.1) is 11.8 Å². The molecule has 1 aromatic carbocycles. The quantitative estimate of drug-likeness (QED) is 0.423. The van der Waals surface area contributed by atoms with Gasteiger partial charge in [0.1, 0.15) is 0 Å². The molecule has 0 fully saturated rings. The third kappa shape index (κ3) is 6.45. The van der Waals surface area contributed by atoms with E-state index in [2.05, 4.69) is 4.98 Å². The van der Waals surface area contributed by atoms with Crippen molar-refractivity contribution in [2.24, 2.45) is 0 Å². The zero-order valence-corrected chi connectivity index (χ0v) is 12.7. The summed E-state index contributed by atoms with van der Waals surface area (Å²) in [6, 6.07) is 14.0. The van der Waals surface area contributed by atoms with Crippen molar-refractivity contribution in [2.75, 3.05) is 12.4 Å². The number of esters is 1. The fourth-order valence-electron chi connectivity index (χ4n) is 1.85. The van der Waals surface area contributed by atoms with E-state index in [-0.39, 0.29) is 5.97 Å². The summed E-state index contributed by atoms with van der Waals surface area (Å²) in [6.45, 7) is 0.483. The van der Waals surface area contributed by atoms with Crippen LogP contribution in [0.3, 0.4) is 0 Å². The summed E-state index contributed by atoms with van der Waals surface area (Å²) in [4.78, 5) is 16.8. The number of aryl methyl sites for hydroxylation is 1. The Hall–Kier alpha value is -1.81. The average Bonchev–Trinajstić information content (AvgIpc) is 2.54. The predicted octanol–water partition coefficient (Wildman–Crippen LogP) is 3.74. The highest BCUT2D eigenvalue weighted by Crippen LogP contribution is 2.17. The zero-order chi connectivity index (χ0) is 14.8. The van der Waals surface area contributed by atoms with Gasteiger partial charge in [-0.25, -0.2) is 0 Å². The van der Waals surface area contributed by atoms with Crippen LogP contribution in [0.2, 0.25) is 0 Å². The van der Waals surface area contributed by atoms with E-state index >= 15 is 0 Å². The molecule has 0 bridgehead atoms. The van der Waals surface area contributed by atoms with E-state index in [1.54, 1.807) is 24.2 Å². The lowest BCUT2D eigenvalue weighted by Crippen LogP contribution is -2.07. The van der Waals surface area contributed by atoms with Crippen LogP contribution in [0.5, 0.6) is 0 Å². The Kier molecular flexibility index (Phi) is 6.81. The van der Waals surface area contributed by atoms with Crippen molar-refractivity contribution >= 4 is 17.7 Å². The number of hydrogen-bond donors (Lipinski definition) is 0. The topological polar surface area (TPSA) is 39.2 Å². The first-order chi connectivity index (χ1) is 10.3. The third-order valence-corrected chi connectivity index (χ3v) is 3.95. The summed E-state index contributed by atoms with van der Waals surface area (Å²) in [5.74, 6) is 0.640. The number of ether oxygens (including phenoxy) is 1. The predicted molar refractivity (Wildman–Crippen MR) is 85.3 cm³/mol. The molecule has 0 aliphatic carbocycles. The number of carbonyl (C=O) groups is 1. The number of aromatic nitrogens is 1. The van der Waals surface area contributed by atoms with Gasteiger partial charge in [-0.3, -0.25) is 9.78 Å². The molecule has 1 aromatic heterocycles. The van der Waals surface area contributed by atoms with Crippen LogP contribution in [-0.4, -0.2) is 23.3 Å². The molecule has 0 atom stereocenters. The maximum atomic E-state index is 11.6. The van der Waals surface area contributed by atoms with Crippen LogP contribution in [0.1, 0.15) is 18.4 Å². The van der Waals surface area contributed by atoms with Gasteiger partial charge < -0.3 is 4.74 Å². The number of benzene rings is 1. The van der Waals surface area contributed by atoms with Gasteiger partial charge >= 0.3 is 5.97 Å². The van der Waals surface area contributed by atoms with Gasteiger partial charge in [0.25, 0.3) is 0 Å². The normalized spacial score (nSPS) is 10.3. The molecule has 0 aliphatic heterocycles. The monoisotopic (exact) mass is 301 g/mol. The molecule has 0 saturated heterocycles. The average molecular weight is 301 g/mol. The minimum absolute atomic E-state index is 0.117. The molecule has 0 spiro atoms. The van der Waals surface area contributed by atoms with Crippen LogP contribution in [0, 0.1) is 0 Å². The highest BCUT2D eigenvalue weighted by atomic mass is 32.2. The molecule has 0 unspecified atom stereocenters. The van der Waals surface area contributed by atoms with Crippen molar-refractivity contribution in [3.05, 3.63) is 60.4 Å². The lowest BCUT2D eigenvalue weighted by Gasteiger charge is -2.05. The van der Waals surface area contributed by atoms with E-state index in [1.807, 2.05) is 42.5 Å². The van der Waals surface area contributed by atoms with Gasteiger partial charge in [-0.1, -0.05) is 18.2 Å². The molecule has 0 N–H and O–H groups in total. The highest BCUT2D eigenvalue weighted by molar-refractivity contribution is 7.99. The van der Waals surface area contributed by atoms with Crippen LogP contribution < -0.4 is 0 Å². The first-order valence-corrected chi connectivity index (χ1v) is 8.05. The number of carbonyl (C=O) groups excluding carboxylic acids is 1. The Bertz CT molecular complexity index is 531. The lowest BCUT2D eigenvalue weighted by atomic mass is 10.1. The maximum Gasteiger partial charge on any atom is 0.306 e. The third-order valence-electron chi connectivity index (χ3n) is 2.94. The van der Waals surface area contributed by atoms with E-state index in [4.69, 9.17) is 4.74 Å². The van der Waals surface area contributed by atoms with Crippen LogP contribution in [-0.2, 0) is 16.0 Å². The van der Waals surface area contributed by atoms with E-state index in [0.717, 1.165) is 18.6 Å². The summed E-state index contributed by atoms with van der Waals surface area (Å²) < 4.78 is 5.23. The molecule has 2 rings (SSSR count). The van der Waals surface area contributed by atoms with Gasteiger partial charge in [-0.05, 0) is 42.7 Å². The van der Waals surface area contributed by atoms with Gasteiger partial charge in [0.05, 0.1) is 13.0 Å². The largest absolute Gasteiger partial charge is 0.466 e. The fraction of sp³-hybridized carbons (Fsp3) is 0.294. The van der Waals surface area contributed by atoms with Crippen molar-refractivity contribution in [3.8, 4) is 0 Å². The lowest BCUT2D eigenvalue weighted by molar-refractivity contribution is -0.143. The Morgan fingerprint density at radius 2 is 1.86 bits per heavy atom.